The molecule has 1 heterocycles. The van der Waals surface area contributed by atoms with Gasteiger partial charge in [-0.05, 0) is 6.07 Å². The Hall–Kier alpha value is -1.29. The van der Waals surface area contributed by atoms with E-state index >= 15 is 0 Å². The molecule has 0 spiro atoms. The molecule has 0 saturated carbocycles. The smallest absolute Gasteiger partial charge is 0.156 e. The highest BCUT2D eigenvalue weighted by molar-refractivity contribution is 6.83. The van der Waals surface area contributed by atoms with Crippen molar-refractivity contribution in [1.29, 1.82) is 5.26 Å². The van der Waals surface area contributed by atoms with Gasteiger partial charge in [-0.25, -0.2) is 4.98 Å². The molecule has 4 heteroatoms. The highest BCUT2D eigenvalue weighted by atomic mass is 35.5. The molecule has 76 valence electrons. The van der Waals surface area contributed by atoms with E-state index in [2.05, 4.69) is 36.1 Å². The number of pyridine rings is 1. The third-order valence-corrected chi connectivity index (χ3v) is 2.61. The van der Waals surface area contributed by atoms with Gasteiger partial charge in [-0.1, -0.05) is 37.2 Å². The number of aromatic nitrogens is 1. The molecular formula is C11H11ClN2Si. The average molecular weight is 235 g/mol. The van der Waals surface area contributed by atoms with Crippen LogP contribution in [0.2, 0.25) is 24.7 Å². The highest BCUT2D eigenvalue weighted by Crippen LogP contribution is 2.12. The van der Waals surface area contributed by atoms with E-state index < -0.39 is 8.07 Å². The Kier molecular flexibility index (Phi) is 3.52. The van der Waals surface area contributed by atoms with Crippen LogP contribution in [0.5, 0.6) is 0 Å². The van der Waals surface area contributed by atoms with Gasteiger partial charge in [-0.15, -0.1) is 5.54 Å². The summed E-state index contributed by atoms with van der Waals surface area (Å²) in [5.41, 5.74) is 4.14. The standard InChI is InChI=1S/C11H11ClN2Si/c1-15(2,3)5-4-9-6-10(12)8-14-11(9)7-13/h6,8H,1-3H3. The largest absolute Gasteiger partial charge is 0.243 e. The van der Waals surface area contributed by atoms with Gasteiger partial charge in [0, 0.05) is 6.20 Å². The highest BCUT2D eigenvalue weighted by Gasteiger charge is 2.08. The molecule has 1 aromatic rings. The SMILES string of the molecule is C[Si](C)(C)C#Cc1cc(Cl)cnc1C#N. The molecule has 15 heavy (non-hydrogen) atoms. The first-order valence-electron chi connectivity index (χ1n) is 4.51. The second-order valence-electron chi connectivity index (χ2n) is 4.16. The van der Waals surface area contributed by atoms with Gasteiger partial charge in [0.1, 0.15) is 14.1 Å². The first-order valence-corrected chi connectivity index (χ1v) is 8.39. The maximum Gasteiger partial charge on any atom is 0.156 e. The van der Waals surface area contributed by atoms with Crippen molar-refractivity contribution < 1.29 is 0 Å². The van der Waals surface area contributed by atoms with Crippen LogP contribution in [0.25, 0.3) is 0 Å². The van der Waals surface area contributed by atoms with E-state index in [9.17, 15) is 0 Å². The molecule has 0 unspecified atom stereocenters. The molecule has 0 atom stereocenters. The summed E-state index contributed by atoms with van der Waals surface area (Å²) in [5, 5.41) is 9.33. The molecule has 1 aromatic heterocycles. The fourth-order valence-electron chi connectivity index (χ4n) is 0.878. The first-order chi connectivity index (χ1) is 6.92. The summed E-state index contributed by atoms with van der Waals surface area (Å²) in [6.07, 6.45) is 1.46. The summed E-state index contributed by atoms with van der Waals surface area (Å²) in [7, 11) is -1.43. The number of hydrogen-bond donors (Lipinski definition) is 0. The van der Waals surface area contributed by atoms with E-state index in [1.807, 2.05) is 6.07 Å². The minimum atomic E-state index is -1.43. The van der Waals surface area contributed by atoms with Crippen LogP contribution >= 0.6 is 11.6 Å². The molecule has 0 aliphatic rings. The second kappa shape index (κ2) is 4.48. The number of hydrogen-bond acceptors (Lipinski definition) is 2. The molecular weight excluding hydrogens is 224 g/mol. The van der Waals surface area contributed by atoms with E-state index in [0.29, 0.717) is 16.3 Å². The van der Waals surface area contributed by atoms with E-state index in [1.54, 1.807) is 6.07 Å². The van der Waals surface area contributed by atoms with Crippen LogP contribution in [-0.4, -0.2) is 13.1 Å². The molecule has 0 aromatic carbocycles. The van der Waals surface area contributed by atoms with Crippen molar-refractivity contribution in [3.05, 3.63) is 28.5 Å². The third kappa shape index (κ3) is 3.75. The predicted molar refractivity (Wildman–Crippen MR) is 64.2 cm³/mol. The van der Waals surface area contributed by atoms with Gasteiger partial charge in [-0.2, -0.15) is 5.26 Å². The predicted octanol–water partition coefficient (Wildman–Crippen LogP) is 2.84. The molecule has 0 amide bonds. The topological polar surface area (TPSA) is 36.7 Å². The van der Waals surface area contributed by atoms with Gasteiger partial charge in [0.15, 0.2) is 5.69 Å². The summed E-state index contributed by atoms with van der Waals surface area (Å²) >= 11 is 5.80. The molecule has 0 N–H and O–H groups in total. The zero-order valence-corrected chi connectivity index (χ0v) is 10.7. The summed E-state index contributed by atoms with van der Waals surface area (Å²) in [6, 6.07) is 3.68. The molecule has 0 radical (unpaired) electrons. The van der Waals surface area contributed by atoms with Crippen LogP contribution in [0.15, 0.2) is 12.3 Å². The van der Waals surface area contributed by atoms with E-state index in [-0.39, 0.29) is 0 Å². The van der Waals surface area contributed by atoms with Crippen LogP contribution in [0.1, 0.15) is 11.3 Å². The number of halogens is 1. The minimum Gasteiger partial charge on any atom is -0.243 e. The van der Waals surface area contributed by atoms with Crippen LogP contribution < -0.4 is 0 Å². The molecule has 0 aliphatic heterocycles. The lowest BCUT2D eigenvalue weighted by Crippen LogP contribution is -2.16. The fraction of sp³-hybridized carbons (Fsp3) is 0.273. The molecule has 0 saturated heterocycles. The monoisotopic (exact) mass is 234 g/mol. The Bertz CT molecular complexity index is 472. The van der Waals surface area contributed by atoms with Gasteiger partial charge in [0.2, 0.25) is 0 Å². The number of rotatable bonds is 0. The van der Waals surface area contributed by atoms with Crippen LogP contribution in [-0.2, 0) is 0 Å². The maximum absolute atomic E-state index is 8.83. The summed E-state index contributed by atoms with van der Waals surface area (Å²) in [4.78, 5) is 3.92. The summed E-state index contributed by atoms with van der Waals surface area (Å²) < 4.78 is 0. The molecule has 0 fully saturated rings. The molecule has 1 rings (SSSR count). The van der Waals surface area contributed by atoms with E-state index in [4.69, 9.17) is 16.9 Å². The van der Waals surface area contributed by atoms with Gasteiger partial charge in [0.25, 0.3) is 0 Å². The lowest BCUT2D eigenvalue weighted by molar-refractivity contribution is 1.25. The Morgan fingerprint density at radius 3 is 2.60 bits per heavy atom. The Morgan fingerprint density at radius 2 is 2.07 bits per heavy atom. The van der Waals surface area contributed by atoms with Crippen molar-refractivity contribution in [2.75, 3.05) is 0 Å². The molecule has 0 aliphatic carbocycles. The lowest BCUT2D eigenvalue weighted by atomic mass is 10.2. The fourth-order valence-corrected chi connectivity index (χ4v) is 1.55. The minimum absolute atomic E-state index is 0.338. The molecule has 2 nitrogen and oxygen atoms in total. The normalized spacial score (nSPS) is 10.1. The quantitative estimate of drug-likeness (QED) is 0.511. The van der Waals surface area contributed by atoms with Crippen molar-refractivity contribution in [1.82, 2.24) is 4.98 Å². The van der Waals surface area contributed by atoms with Gasteiger partial charge < -0.3 is 0 Å². The van der Waals surface area contributed by atoms with Crippen molar-refractivity contribution in [2.24, 2.45) is 0 Å². The van der Waals surface area contributed by atoms with Crippen molar-refractivity contribution in [2.45, 2.75) is 19.6 Å². The Balaban J connectivity index is 3.19. The average Bonchev–Trinajstić information content (AvgIpc) is 2.14. The number of nitrogens with zero attached hydrogens (tertiary/aromatic N) is 2. The number of nitriles is 1. The second-order valence-corrected chi connectivity index (χ2v) is 9.35. The van der Waals surface area contributed by atoms with Gasteiger partial charge >= 0.3 is 0 Å². The Labute approximate surface area is 95.9 Å². The van der Waals surface area contributed by atoms with Crippen molar-refractivity contribution in [3.63, 3.8) is 0 Å². The summed E-state index contributed by atoms with van der Waals surface area (Å²) in [5.74, 6) is 2.99. The zero-order valence-electron chi connectivity index (χ0n) is 8.93. The van der Waals surface area contributed by atoms with Crippen LogP contribution in [0, 0.1) is 22.8 Å². The van der Waals surface area contributed by atoms with Crippen molar-refractivity contribution >= 4 is 19.7 Å². The van der Waals surface area contributed by atoms with Gasteiger partial charge in [-0.3, -0.25) is 0 Å². The van der Waals surface area contributed by atoms with E-state index in [1.165, 1.54) is 6.20 Å². The molecule has 0 bridgehead atoms. The van der Waals surface area contributed by atoms with Crippen molar-refractivity contribution in [3.8, 4) is 17.5 Å². The lowest BCUT2D eigenvalue weighted by Gasteiger charge is -2.03. The first kappa shape index (κ1) is 11.8. The van der Waals surface area contributed by atoms with Crippen LogP contribution in [0.3, 0.4) is 0 Å². The van der Waals surface area contributed by atoms with E-state index in [0.717, 1.165) is 0 Å². The summed E-state index contributed by atoms with van der Waals surface area (Å²) in [6.45, 7) is 6.43. The van der Waals surface area contributed by atoms with Crippen LogP contribution in [0.4, 0.5) is 0 Å². The third-order valence-electron chi connectivity index (χ3n) is 1.53. The van der Waals surface area contributed by atoms with Gasteiger partial charge in [0.05, 0.1) is 10.6 Å². The maximum atomic E-state index is 8.83. The Morgan fingerprint density at radius 1 is 1.40 bits per heavy atom. The zero-order chi connectivity index (χ0) is 11.5.